The summed E-state index contributed by atoms with van der Waals surface area (Å²) in [7, 11) is 0. The van der Waals surface area contributed by atoms with Crippen LogP contribution in [0.1, 0.15) is 31.9 Å². The van der Waals surface area contributed by atoms with Crippen molar-refractivity contribution in [3.63, 3.8) is 0 Å². The number of halogens is 1. The van der Waals surface area contributed by atoms with Gasteiger partial charge in [0.15, 0.2) is 0 Å². The number of hydrogen-bond donors (Lipinski definition) is 3. The summed E-state index contributed by atoms with van der Waals surface area (Å²) < 4.78 is 10.8. The van der Waals surface area contributed by atoms with Gasteiger partial charge >= 0.3 is 12.2 Å². The van der Waals surface area contributed by atoms with E-state index in [0.29, 0.717) is 18.0 Å². The van der Waals surface area contributed by atoms with Crippen molar-refractivity contribution in [3.05, 3.63) is 64.8 Å². The van der Waals surface area contributed by atoms with Crippen molar-refractivity contribution in [1.82, 2.24) is 15.2 Å². The van der Waals surface area contributed by atoms with Gasteiger partial charge in [-0.05, 0) is 68.7 Å². The van der Waals surface area contributed by atoms with Crippen LogP contribution >= 0.6 is 11.6 Å². The third-order valence-electron chi connectivity index (χ3n) is 4.92. The van der Waals surface area contributed by atoms with Gasteiger partial charge in [-0.1, -0.05) is 23.7 Å². The van der Waals surface area contributed by atoms with Crippen LogP contribution in [-0.4, -0.2) is 52.5 Å². The average Bonchev–Trinajstić information content (AvgIpc) is 3.14. The number of fused-ring (bicyclic) bond motifs is 1. The number of phenols is 1. The second-order valence-corrected chi connectivity index (χ2v) is 9.32. The summed E-state index contributed by atoms with van der Waals surface area (Å²) in [5, 5.41) is 13.9. The first-order valence-corrected chi connectivity index (χ1v) is 11.4. The molecule has 2 amide bonds. The molecule has 8 nitrogen and oxygen atoms in total. The van der Waals surface area contributed by atoms with Crippen molar-refractivity contribution >= 4 is 34.7 Å². The molecule has 2 aromatic carbocycles. The molecule has 0 aliphatic carbocycles. The van der Waals surface area contributed by atoms with E-state index in [2.05, 4.69) is 10.3 Å². The molecular weight excluding hydrogens is 458 g/mol. The van der Waals surface area contributed by atoms with Crippen LogP contribution in [0.5, 0.6) is 5.75 Å². The molecule has 1 aromatic heterocycles. The van der Waals surface area contributed by atoms with Crippen LogP contribution in [0.15, 0.2) is 48.7 Å². The van der Waals surface area contributed by atoms with Crippen molar-refractivity contribution in [2.75, 3.05) is 19.7 Å². The summed E-state index contributed by atoms with van der Waals surface area (Å²) in [5.41, 5.74) is 2.08. The number of H-pyrrole nitrogens is 1. The summed E-state index contributed by atoms with van der Waals surface area (Å²) in [6, 6.07) is 12.3. The number of alkyl carbamates (subject to hydrolysis) is 1. The van der Waals surface area contributed by atoms with E-state index in [9.17, 15) is 14.7 Å². The number of benzene rings is 2. The molecule has 0 bridgehead atoms. The van der Waals surface area contributed by atoms with Crippen LogP contribution in [0.3, 0.4) is 0 Å². The Kier molecular flexibility index (Phi) is 8.28. The van der Waals surface area contributed by atoms with E-state index in [0.717, 1.165) is 22.0 Å². The molecule has 3 aromatic rings. The minimum atomic E-state index is -0.652. The lowest BCUT2D eigenvalue weighted by Gasteiger charge is -2.27. The van der Waals surface area contributed by atoms with Crippen LogP contribution in [0.25, 0.3) is 10.9 Å². The van der Waals surface area contributed by atoms with Crippen molar-refractivity contribution < 1.29 is 24.2 Å². The average molecular weight is 488 g/mol. The molecule has 182 valence electrons. The largest absolute Gasteiger partial charge is 0.508 e. The van der Waals surface area contributed by atoms with Gasteiger partial charge in [-0.3, -0.25) is 0 Å². The van der Waals surface area contributed by atoms with Gasteiger partial charge in [0.2, 0.25) is 0 Å². The Bertz CT molecular complexity index is 1140. The maximum absolute atomic E-state index is 12.7. The molecule has 3 N–H and O–H groups in total. The molecule has 0 saturated heterocycles. The number of nitrogens with one attached hydrogen (secondary N) is 2. The number of ether oxygens (including phenoxy) is 2. The number of amides is 2. The zero-order valence-corrected chi connectivity index (χ0v) is 20.3. The van der Waals surface area contributed by atoms with Gasteiger partial charge in [-0.2, -0.15) is 0 Å². The number of rotatable bonds is 8. The number of carbonyl (C=O) groups excluding carboxylic acids is 2. The number of aromatic nitrogens is 1. The SMILES string of the molecule is CC(C)(C)OC(=O)N(CCOC(=O)NCCc1c[nH]c2ccc(O)cc12)Cc1cccc(Cl)c1. The van der Waals surface area contributed by atoms with E-state index >= 15 is 0 Å². The Morgan fingerprint density at radius 2 is 1.97 bits per heavy atom. The van der Waals surface area contributed by atoms with Crippen molar-refractivity contribution in [2.24, 2.45) is 0 Å². The van der Waals surface area contributed by atoms with Crippen molar-refractivity contribution in [1.29, 1.82) is 0 Å². The zero-order valence-electron chi connectivity index (χ0n) is 19.6. The number of carbonyl (C=O) groups is 2. The highest BCUT2D eigenvalue weighted by atomic mass is 35.5. The highest BCUT2D eigenvalue weighted by Crippen LogP contribution is 2.23. The first-order valence-electron chi connectivity index (χ1n) is 11.0. The topological polar surface area (TPSA) is 104 Å². The monoisotopic (exact) mass is 487 g/mol. The van der Waals surface area contributed by atoms with E-state index in [1.54, 1.807) is 51.1 Å². The number of aromatic amines is 1. The highest BCUT2D eigenvalue weighted by molar-refractivity contribution is 6.30. The molecular formula is C25H30ClN3O5. The number of nitrogens with zero attached hydrogens (tertiary/aromatic N) is 1. The molecule has 0 spiro atoms. The van der Waals surface area contributed by atoms with Crippen molar-refractivity contribution in [3.8, 4) is 5.75 Å². The quantitative estimate of drug-likeness (QED) is 0.403. The molecule has 9 heteroatoms. The standard InChI is InChI=1S/C25H30ClN3O5/c1-25(2,3)34-24(32)29(16-17-5-4-6-19(26)13-17)11-12-33-23(31)27-10-9-18-15-28-22-8-7-20(30)14-21(18)22/h4-8,13-15,28,30H,9-12,16H2,1-3H3,(H,27,31). The lowest BCUT2D eigenvalue weighted by Crippen LogP contribution is -2.39. The van der Waals surface area contributed by atoms with E-state index < -0.39 is 17.8 Å². The Morgan fingerprint density at radius 3 is 2.71 bits per heavy atom. The second kappa shape index (κ2) is 11.2. The minimum Gasteiger partial charge on any atom is -0.508 e. The predicted octanol–water partition coefficient (Wildman–Crippen LogP) is 5.23. The van der Waals surface area contributed by atoms with E-state index in [1.807, 2.05) is 18.3 Å². The molecule has 0 atom stereocenters. The molecule has 3 rings (SSSR count). The van der Waals surface area contributed by atoms with Gasteiger partial charge in [0.25, 0.3) is 0 Å². The molecule has 0 fully saturated rings. The molecule has 1 heterocycles. The fourth-order valence-corrected chi connectivity index (χ4v) is 3.60. The first kappa shape index (κ1) is 25.2. The maximum Gasteiger partial charge on any atom is 0.410 e. The van der Waals surface area contributed by atoms with Gasteiger partial charge in [0.1, 0.15) is 18.0 Å². The summed E-state index contributed by atoms with van der Waals surface area (Å²) in [6.45, 7) is 6.18. The smallest absolute Gasteiger partial charge is 0.410 e. The van der Waals surface area contributed by atoms with Crippen LogP contribution in [-0.2, 0) is 22.4 Å². The zero-order chi connectivity index (χ0) is 24.7. The molecule has 0 radical (unpaired) electrons. The Hall–Kier alpha value is -3.39. The van der Waals surface area contributed by atoms with Crippen LogP contribution in [0, 0.1) is 0 Å². The van der Waals surface area contributed by atoms with Gasteiger partial charge < -0.3 is 29.8 Å². The third-order valence-corrected chi connectivity index (χ3v) is 5.16. The fourth-order valence-electron chi connectivity index (χ4n) is 3.39. The second-order valence-electron chi connectivity index (χ2n) is 8.89. The molecule has 0 aliphatic heterocycles. The Morgan fingerprint density at radius 1 is 1.18 bits per heavy atom. The highest BCUT2D eigenvalue weighted by Gasteiger charge is 2.22. The van der Waals surface area contributed by atoms with E-state index in [4.69, 9.17) is 21.1 Å². The minimum absolute atomic E-state index is 0.00655. The fraction of sp³-hybridized carbons (Fsp3) is 0.360. The van der Waals surface area contributed by atoms with Crippen LogP contribution < -0.4 is 5.32 Å². The molecule has 0 unspecified atom stereocenters. The Labute approximate surface area is 203 Å². The molecule has 0 aliphatic rings. The number of aromatic hydroxyl groups is 1. The molecule has 34 heavy (non-hydrogen) atoms. The van der Waals surface area contributed by atoms with Gasteiger partial charge in [-0.25, -0.2) is 9.59 Å². The van der Waals surface area contributed by atoms with Gasteiger partial charge in [-0.15, -0.1) is 0 Å². The first-order chi connectivity index (χ1) is 16.1. The summed E-state index contributed by atoms with van der Waals surface area (Å²) in [4.78, 5) is 29.4. The van der Waals surface area contributed by atoms with Crippen LogP contribution in [0.4, 0.5) is 9.59 Å². The summed E-state index contributed by atoms with van der Waals surface area (Å²) in [6.07, 6.45) is 1.34. The van der Waals surface area contributed by atoms with E-state index in [-0.39, 0.29) is 25.4 Å². The maximum atomic E-state index is 12.7. The van der Waals surface area contributed by atoms with E-state index in [1.165, 1.54) is 4.90 Å². The molecule has 0 saturated carbocycles. The van der Waals surface area contributed by atoms with Gasteiger partial charge in [0.05, 0.1) is 6.54 Å². The Balaban J connectivity index is 1.49. The number of phenolic OH excluding ortho intramolecular Hbond substituents is 1. The van der Waals surface area contributed by atoms with Crippen LogP contribution in [0.2, 0.25) is 5.02 Å². The summed E-state index contributed by atoms with van der Waals surface area (Å²) in [5.74, 6) is 0.188. The normalized spacial score (nSPS) is 11.3. The lowest BCUT2D eigenvalue weighted by molar-refractivity contribution is 0.0190. The predicted molar refractivity (Wildman–Crippen MR) is 131 cm³/mol. The van der Waals surface area contributed by atoms with Gasteiger partial charge in [0, 0.05) is 35.2 Å². The number of hydrogen-bond acceptors (Lipinski definition) is 5. The third kappa shape index (κ3) is 7.59. The lowest BCUT2D eigenvalue weighted by atomic mass is 10.1. The summed E-state index contributed by atoms with van der Waals surface area (Å²) >= 11 is 6.06. The van der Waals surface area contributed by atoms with Crippen molar-refractivity contribution in [2.45, 2.75) is 39.3 Å².